The first-order valence-electron chi connectivity index (χ1n) is 6.36. The number of nitrogens with two attached hydrogens (primary N) is 1. The fourth-order valence-electron chi connectivity index (χ4n) is 2.34. The van der Waals surface area contributed by atoms with Crippen LogP contribution in [-0.4, -0.2) is 13.1 Å². The van der Waals surface area contributed by atoms with E-state index in [0.29, 0.717) is 11.3 Å². The first-order chi connectivity index (χ1) is 8.31. The highest BCUT2D eigenvalue weighted by Crippen LogP contribution is 2.23. The van der Waals surface area contributed by atoms with Crippen LogP contribution in [0.3, 0.4) is 0 Å². The van der Waals surface area contributed by atoms with Crippen LogP contribution in [0, 0.1) is 11.3 Å². The van der Waals surface area contributed by atoms with Gasteiger partial charge in [-0.05, 0) is 31.0 Å². The van der Waals surface area contributed by atoms with E-state index in [1.165, 1.54) is 32.1 Å². The molecule has 0 bridgehead atoms. The Morgan fingerprint density at radius 2 is 1.71 bits per heavy atom. The lowest BCUT2D eigenvalue weighted by Crippen LogP contribution is -2.27. The third kappa shape index (κ3) is 2.91. The molecule has 3 nitrogen and oxygen atoms in total. The van der Waals surface area contributed by atoms with Crippen LogP contribution >= 0.6 is 0 Å². The molecule has 1 fully saturated rings. The molecule has 1 aliphatic heterocycles. The van der Waals surface area contributed by atoms with Gasteiger partial charge in [-0.15, -0.1) is 0 Å². The number of nitrogen functional groups attached to an aromatic ring is 1. The summed E-state index contributed by atoms with van der Waals surface area (Å²) in [5, 5.41) is 8.99. The van der Waals surface area contributed by atoms with Crippen molar-refractivity contribution in [2.24, 2.45) is 0 Å². The Kier molecular flexibility index (Phi) is 3.87. The molecule has 0 atom stereocenters. The average Bonchev–Trinajstić information content (AvgIpc) is 2.30. The Morgan fingerprint density at radius 1 is 1.06 bits per heavy atom. The van der Waals surface area contributed by atoms with E-state index in [2.05, 4.69) is 11.0 Å². The molecule has 1 aliphatic rings. The smallest absolute Gasteiger partial charge is 0.101 e. The summed E-state index contributed by atoms with van der Waals surface area (Å²) in [7, 11) is 0. The number of nitriles is 1. The summed E-state index contributed by atoms with van der Waals surface area (Å²) >= 11 is 0. The van der Waals surface area contributed by atoms with Gasteiger partial charge in [-0.3, -0.25) is 0 Å². The van der Waals surface area contributed by atoms with Crippen molar-refractivity contribution in [3.63, 3.8) is 0 Å². The van der Waals surface area contributed by atoms with Crippen LogP contribution in [0.1, 0.15) is 37.7 Å². The molecule has 0 saturated carbocycles. The molecule has 2 rings (SSSR count). The second kappa shape index (κ2) is 5.58. The van der Waals surface area contributed by atoms with Gasteiger partial charge >= 0.3 is 0 Å². The zero-order chi connectivity index (χ0) is 12.1. The molecule has 0 aliphatic carbocycles. The van der Waals surface area contributed by atoms with E-state index < -0.39 is 0 Å². The van der Waals surface area contributed by atoms with E-state index >= 15 is 0 Å². The molecule has 90 valence electrons. The van der Waals surface area contributed by atoms with Crippen molar-refractivity contribution in [1.82, 2.24) is 0 Å². The number of benzene rings is 1. The highest BCUT2D eigenvalue weighted by molar-refractivity contribution is 5.62. The SMILES string of the molecule is N#Cc1cc(N2CCCCCCC2)ccc1N. The van der Waals surface area contributed by atoms with E-state index in [0.717, 1.165) is 18.8 Å². The van der Waals surface area contributed by atoms with Crippen LogP contribution in [0.15, 0.2) is 18.2 Å². The van der Waals surface area contributed by atoms with Gasteiger partial charge in [0, 0.05) is 24.5 Å². The Morgan fingerprint density at radius 3 is 2.35 bits per heavy atom. The largest absolute Gasteiger partial charge is 0.398 e. The minimum Gasteiger partial charge on any atom is -0.398 e. The highest BCUT2D eigenvalue weighted by Gasteiger charge is 2.10. The number of hydrogen-bond donors (Lipinski definition) is 1. The molecule has 0 aromatic heterocycles. The number of rotatable bonds is 1. The Hall–Kier alpha value is -1.69. The normalized spacial score (nSPS) is 17.0. The molecule has 2 N–H and O–H groups in total. The van der Waals surface area contributed by atoms with E-state index in [1.54, 1.807) is 0 Å². The molecule has 1 aromatic carbocycles. The van der Waals surface area contributed by atoms with E-state index in [9.17, 15) is 0 Å². The molecule has 0 unspecified atom stereocenters. The summed E-state index contributed by atoms with van der Waals surface area (Å²) in [5.74, 6) is 0. The molecular formula is C14H19N3. The van der Waals surface area contributed by atoms with Crippen molar-refractivity contribution in [1.29, 1.82) is 5.26 Å². The standard InChI is InChI=1S/C14H19N3/c15-11-12-10-13(6-7-14(12)16)17-8-4-2-1-3-5-9-17/h6-7,10H,1-5,8-9,16H2. The van der Waals surface area contributed by atoms with Gasteiger partial charge in [-0.25, -0.2) is 0 Å². The van der Waals surface area contributed by atoms with Gasteiger partial charge in [0.05, 0.1) is 5.56 Å². The van der Waals surface area contributed by atoms with Crippen molar-refractivity contribution < 1.29 is 0 Å². The highest BCUT2D eigenvalue weighted by atomic mass is 15.1. The van der Waals surface area contributed by atoms with Crippen LogP contribution in [0.2, 0.25) is 0 Å². The summed E-state index contributed by atoms with van der Waals surface area (Å²) in [6.45, 7) is 2.18. The van der Waals surface area contributed by atoms with Gasteiger partial charge in [0.2, 0.25) is 0 Å². The molecule has 1 aromatic rings. The van der Waals surface area contributed by atoms with E-state index in [-0.39, 0.29) is 0 Å². The van der Waals surface area contributed by atoms with Gasteiger partial charge in [-0.1, -0.05) is 19.3 Å². The summed E-state index contributed by atoms with van der Waals surface area (Å²) in [4.78, 5) is 2.37. The molecule has 3 heteroatoms. The maximum atomic E-state index is 8.99. The lowest BCUT2D eigenvalue weighted by molar-refractivity contribution is 0.556. The monoisotopic (exact) mass is 229 g/mol. The predicted molar refractivity (Wildman–Crippen MR) is 70.9 cm³/mol. The van der Waals surface area contributed by atoms with Crippen molar-refractivity contribution in [3.05, 3.63) is 23.8 Å². The minimum atomic E-state index is 0.572. The Bertz CT molecular complexity index is 412. The summed E-state index contributed by atoms with van der Waals surface area (Å²) in [6.07, 6.45) is 6.48. The average molecular weight is 229 g/mol. The van der Waals surface area contributed by atoms with E-state index in [1.807, 2.05) is 18.2 Å². The van der Waals surface area contributed by atoms with Gasteiger partial charge in [0.15, 0.2) is 0 Å². The molecule has 1 saturated heterocycles. The van der Waals surface area contributed by atoms with Crippen LogP contribution in [0.25, 0.3) is 0 Å². The number of nitrogens with zero attached hydrogens (tertiary/aromatic N) is 2. The van der Waals surface area contributed by atoms with Gasteiger partial charge in [-0.2, -0.15) is 5.26 Å². The summed E-state index contributed by atoms with van der Waals surface area (Å²) < 4.78 is 0. The molecule has 0 spiro atoms. The Labute approximate surface area is 103 Å². The third-order valence-corrected chi connectivity index (χ3v) is 3.38. The topological polar surface area (TPSA) is 53.0 Å². The third-order valence-electron chi connectivity index (χ3n) is 3.38. The van der Waals surface area contributed by atoms with Crippen molar-refractivity contribution in [2.75, 3.05) is 23.7 Å². The zero-order valence-electron chi connectivity index (χ0n) is 10.2. The zero-order valence-corrected chi connectivity index (χ0v) is 10.2. The second-order valence-electron chi connectivity index (χ2n) is 4.64. The quantitative estimate of drug-likeness (QED) is 0.753. The van der Waals surface area contributed by atoms with Gasteiger partial charge in [0.1, 0.15) is 6.07 Å². The molecule has 17 heavy (non-hydrogen) atoms. The van der Waals surface area contributed by atoms with Crippen LogP contribution in [0.5, 0.6) is 0 Å². The van der Waals surface area contributed by atoms with Gasteiger partial charge < -0.3 is 10.6 Å². The predicted octanol–water partition coefficient (Wildman–Crippen LogP) is 2.91. The van der Waals surface area contributed by atoms with Crippen molar-refractivity contribution in [2.45, 2.75) is 32.1 Å². The molecule has 0 radical (unpaired) electrons. The maximum Gasteiger partial charge on any atom is 0.101 e. The fraction of sp³-hybridized carbons (Fsp3) is 0.500. The van der Waals surface area contributed by atoms with Crippen LogP contribution < -0.4 is 10.6 Å². The lowest BCUT2D eigenvalue weighted by atomic mass is 10.1. The summed E-state index contributed by atoms with van der Waals surface area (Å²) in [6, 6.07) is 7.93. The lowest BCUT2D eigenvalue weighted by Gasteiger charge is -2.27. The first-order valence-corrected chi connectivity index (χ1v) is 6.36. The number of anilines is 2. The first kappa shape index (κ1) is 11.8. The maximum absolute atomic E-state index is 8.99. The molecule has 1 heterocycles. The van der Waals surface area contributed by atoms with Crippen molar-refractivity contribution in [3.8, 4) is 6.07 Å². The Balaban J connectivity index is 2.17. The van der Waals surface area contributed by atoms with Gasteiger partial charge in [0.25, 0.3) is 0 Å². The van der Waals surface area contributed by atoms with Crippen LogP contribution in [0.4, 0.5) is 11.4 Å². The van der Waals surface area contributed by atoms with Crippen LogP contribution in [-0.2, 0) is 0 Å². The van der Waals surface area contributed by atoms with E-state index in [4.69, 9.17) is 11.0 Å². The molecule has 0 amide bonds. The molecular weight excluding hydrogens is 210 g/mol. The fourth-order valence-corrected chi connectivity index (χ4v) is 2.34. The number of hydrogen-bond acceptors (Lipinski definition) is 3. The van der Waals surface area contributed by atoms with Crippen molar-refractivity contribution >= 4 is 11.4 Å². The summed E-state index contributed by atoms with van der Waals surface area (Å²) in [5.41, 5.74) is 8.04. The minimum absolute atomic E-state index is 0.572. The second-order valence-corrected chi connectivity index (χ2v) is 4.64.